The number of hydrogen-bond donors (Lipinski definition) is 2. The first kappa shape index (κ1) is 17.1. The van der Waals surface area contributed by atoms with E-state index in [9.17, 15) is 4.79 Å². The second-order valence-corrected chi connectivity index (χ2v) is 6.87. The van der Waals surface area contributed by atoms with Crippen LogP contribution in [0.4, 0.5) is 0 Å². The molecule has 0 saturated carbocycles. The molecule has 0 unspecified atom stereocenters. The van der Waals surface area contributed by atoms with Crippen LogP contribution < -0.4 is 0 Å². The van der Waals surface area contributed by atoms with Crippen molar-refractivity contribution in [3.05, 3.63) is 96.6 Å². The number of para-hydroxylation sites is 1. The number of aromatic nitrogens is 1. The Kier molecular flexibility index (Phi) is 4.03. The van der Waals surface area contributed by atoms with Crippen LogP contribution in [0.1, 0.15) is 10.4 Å². The van der Waals surface area contributed by atoms with Crippen molar-refractivity contribution in [2.45, 2.75) is 0 Å². The lowest BCUT2D eigenvalue weighted by Gasteiger charge is -2.02. The third-order valence-electron chi connectivity index (χ3n) is 5.02. The van der Waals surface area contributed by atoms with E-state index < -0.39 is 5.97 Å². The van der Waals surface area contributed by atoms with Gasteiger partial charge in [-0.1, -0.05) is 60.7 Å². The van der Waals surface area contributed by atoms with Gasteiger partial charge >= 0.3 is 5.97 Å². The van der Waals surface area contributed by atoms with Crippen molar-refractivity contribution >= 4 is 16.9 Å². The number of carboxylic acids is 1. The van der Waals surface area contributed by atoms with Gasteiger partial charge < -0.3 is 14.5 Å². The van der Waals surface area contributed by atoms with Crippen molar-refractivity contribution in [3.63, 3.8) is 0 Å². The van der Waals surface area contributed by atoms with Crippen LogP contribution in [0, 0.1) is 0 Å². The Morgan fingerprint density at radius 3 is 2.28 bits per heavy atom. The van der Waals surface area contributed by atoms with Crippen molar-refractivity contribution in [2.75, 3.05) is 0 Å². The quantitative estimate of drug-likeness (QED) is 0.376. The number of benzene rings is 3. The second-order valence-electron chi connectivity index (χ2n) is 6.87. The van der Waals surface area contributed by atoms with Gasteiger partial charge in [-0.2, -0.15) is 0 Å². The molecule has 5 aromatic rings. The fourth-order valence-corrected chi connectivity index (χ4v) is 3.54. The molecule has 0 radical (unpaired) electrons. The maximum absolute atomic E-state index is 11.0. The maximum atomic E-state index is 11.0. The molecule has 3 aromatic carbocycles. The number of aromatic amines is 1. The molecule has 0 amide bonds. The summed E-state index contributed by atoms with van der Waals surface area (Å²) in [6, 6.07) is 29.1. The van der Waals surface area contributed by atoms with E-state index in [4.69, 9.17) is 9.52 Å². The molecule has 0 saturated heterocycles. The Labute approximate surface area is 167 Å². The van der Waals surface area contributed by atoms with E-state index in [0.29, 0.717) is 0 Å². The predicted octanol–water partition coefficient (Wildman–Crippen LogP) is 6.46. The second kappa shape index (κ2) is 6.84. The molecule has 0 spiro atoms. The van der Waals surface area contributed by atoms with Crippen LogP contribution in [0.15, 0.2) is 95.4 Å². The van der Waals surface area contributed by atoms with Gasteiger partial charge in [-0.25, -0.2) is 4.79 Å². The minimum atomic E-state index is -0.930. The third kappa shape index (κ3) is 3.11. The molecule has 140 valence electrons. The molecule has 2 heterocycles. The first-order chi connectivity index (χ1) is 14.2. The molecular weight excluding hydrogens is 362 g/mol. The van der Waals surface area contributed by atoms with Gasteiger partial charge in [-0.3, -0.25) is 0 Å². The molecule has 0 aliphatic heterocycles. The lowest BCUT2D eigenvalue weighted by atomic mass is 10.0. The number of carbonyl (C=O) groups is 1. The standard InChI is InChI=1S/C25H17NO3/c27-25(28)18-11-9-17(10-12-18)21-13-14-22(26-21)23-15-19-7-4-8-20(24(19)29-23)16-5-2-1-3-6-16/h1-15,26H,(H,27,28). The lowest BCUT2D eigenvalue weighted by Crippen LogP contribution is -1.94. The minimum Gasteiger partial charge on any atom is -0.478 e. The van der Waals surface area contributed by atoms with E-state index in [2.05, 4.69) is 23.2 Å². The topological polar surface area (TPSA) is 66.2 Å². The number of nitrogens with one attached hydrogen (secondary N) is 1. The molecular formula is C25H17NO3. The van der Waals surface area contributed by atoms with E-state index in [0.717, 1.165) is 44.8 Å². The summed E-state index contributed by atoms with van der Waals surface area (Å²) in [6.07, 6.45) is 0. The van der Waals surface area contributed by atoms with Crippen LogP contribution in [0.5, 0.6) is 0 Å². The third-order valence-corrected chi connectivity index (χ3v) is 5.02. The van der Waals surface area contributed by atoms with E-state index in [1.165, 1.54) is 0 Å². The Bertz CT molecular complexity index is 1310. The summed E-state index contributed by atoms with van der Waals surface area (Å²) in [4.78, 5) is 14.4. The van der Waals surface area contributed by atoms with Crippen molar-refractivity contribution in [3.8, 4) is 33.8 Å². The Hall–Kier alpha value is -4.05. The largest absolute Gasteiger partial charge is 0.478 e. The molecule has 4 nitrogen and oxygen atoms in total. The lowest BCUT2D eigenvalue weighted by molar-refractivity contribution is 0.0697. The fraction of sp³-hybridized carbons (Fsp3) is 0. The summed E-state index contributed by atoms with van der Waals surface area (Å²) in [5.74, 6) is -0.169. The molecule has 0 fully saturated rings. The highest BCUT2D eigenvalue weighted by molar-refractivity contribution is 5.94. The first-order valence-electron chi connectivity index (χ1n) is 9.30. The Morgan fingerprint density at radius 2 is 1.52 bits per heavy atom. The van der Waals surface area contributed by atoms with E-state index in [1.807, 2.05) is 48.5 Å². The van der Waals surface area contributed by atoms with Gasteiger partial charge in [-0.15, -0.1) is 0 Å². The van der Waals surface area contributed by atoms with Gasteiger partial charge in [-0.05, 0) is 41.5 Å². The smallest absolute Gasteiger partial charge is 0.335 e. The summed E-state index contributed by atoms with van der Waals surface area (Å²) >= 11 is 0. The van der Waals surface area contributed by atoms with Gasteiger partial charge in [0.1, 0.15) is 5.58 Å². The molecule has 0 atom stereocenters. The number of fused-ring (bicyclic) bond motifs is 1. The van der Waals surface area contributed by atoms with Crippen LogP contribution in [-0.2, 0) is 0 Å². The zero-order valence-electron chi connectivity index (χ0n) is 15.4. The maximum Gasteiger partial charge on any atom is 0.335 e. The molecule has 4 heteroatoms. The monoisotopic (exact) mass is 379 g/mol. The molecule has 0 aliphatic rings. The fourth-order valence-electron chi connectivity index (χ4n) is 3.54. The summed E-state index contributed by atoms with van der Waals surface area (Å²) in [5, 5.41) is 10.1. The molecule has 0 aliphatic carbocycles. The Morgan fingerprint density at radius 1 is 0.759 bits per heavy atom. The normalized spacial score (nSPS) is 11.0. The van der Waals surface area contributed by atoms with E-state index in [1.54, 1.807) is 24.3 Å². The van der Waals surface area contributed by atoms with Crippen molar-refractivity contribution in [1.29, 1.82) is 0 Å². The highest BCUT2D eigenvalue weighted by Gasteiger charge is 2.13. The summed E-state index contributed by atoms with van der Waals surface area (Å²) in [7, 11) is 0. The first-order valence-corrected chi connectivity index (χ1v) is 9.30. The SMILES string of the molecule is O=C(O)c1ccc(-c2ccc(-c3cc4cccc(-c5ccccc5)c4o3)[nH]2)cc1. The summed E-state index contributed by atoms with van der Waals surface area (Å²) < 4.78 is 6.23. The summed E-state index contributed by atoms with van der Waals surface area (Å²) in [5.41, 5.74) is 6.00. The van der Waals surface area contributed by atoms with Crippen LogP contribution in [0.3, 0.4) is 0 Å². The number of H-pyrrole nitrogens is 1. The number of furan rings is 1. The molecule has 0 bridgehead atoms. The van der Waals surface area contributed by atoms with Gasteiger partial charge in [0.25, 0.3) is 0 Å². The highest BCUT2D eigenvalue weighted by atomic mass is 16.4. The van der Waals surface area contributed by atoms with Crippen LogP contribution in [0.25, 0.3) is 44.8 Å². The van der Waals surface area contributed by atoms with Crippen LogP contribution >= 0.6 is 0 Å². The van der Waals surface area contributed by atoms with Crippen LogP contribution in [0.2, 0.25) is 0 Å². The zero-order valence-corrected chi connectivity index (χ0v) is 15.4. The molecule has 2 N–H and O–H groups in total. The average Bonchev–Trinajstić information content (AvgIpc) is 3.41. The van der Waals surface area contributed by atoms with Gasteiger partial charge in [0.05, 0.1) is 11.3 Å². The zero-order chi connectivity index (χ0) is 19.8. The van der Waals surface area contributed by atoms with Crippen molar-refractivity contribution < 1.29 is 14.3 Å². The van der Waals surface area contributed by atoms with Crippen molar-refractivity contribution in [2.24, 2.45) is 0 Å². The highest BCUT2D eigenvalue weighted by Crippen LogP contribution is 2.35. The number of hydrogen-bond acceptors (Lipinski definition) is 2. The van der Waals surface area contributed by atoms with Crippen molar-refractivity contribution in [1.82, 2.24) is 4.98 Å². The number of rotatable bonds is 4. The average molecular weight is 379 g/mol. The van der Waals surface area contributed by atoms with E-state index >= 15 is 0 Å². The molecule has 5 rings (SSSR count). The minimum absolute atomic E-state index is 0.270. The van der Waals surface area contributed by atoms with Crippen LogP contribution in [-0.4, -0.2) is 16.1 Å². The predicted molar refractivity (Wildman–Crippen MR) is 114 cm³/mol. The molecule has 29 heavy (non-hydrogen) atoms. The Balaban J connectivity index is 1.53. The van der Waals surface area contributed by atoms with E-state index in [-0.39, 0.29) is 5.56 Å². The van der Waals surface area contributed by atoms with Gasteiger partial charge in [0, 0.05) is 16.6 Å². The number of carboxylic acid groups (broad SMARTS) is 1. The van der Waals surface area contributed by atoms with Gasteiger partial charge in [0.2, 0.25) is 0 Å². The summed E-state index contributed by atoms with van der Waals surface area (Å²) in [6.45, 7) is 0. The van der Waals surface area contributed by atoms with Gasteiger partial charge in [0.15, 0.2) is 5.76 Å². The molecule has 2 aromatic heterocycles. The number of aromatic carboxylic acids is 1.